The van der Waals surface area contributed by atoms with E-state index in [4.69, 9.17) is 4.42 Å². The highest BCUT2D eigenvalue weighted by molar-refractivity contribution is 8.00. The molecule has 20 heavy (non-hydrogen) atoms. The molecule has 0 atom stereocenters. The molecule has 3 rings (SSSR count). The van der Waals surface area contributed by atoms with Crippen LogP contribution in [-0.2, 0) is 6.54 Å². The number of carbonyl (C=O) groups is 1. The van der Waals surface area contributed by atoms with Crippen LogP contribution in [0.4, 0.5) is 0 Å². The lowest BCUT2D eigenvalue weighted by Gasteiger charge is -2.25. The molecule has 0 radical (unpaired) electrons. The summed E-state index contributed by atoms with van der Waals surface area (Å²) < 4.78 is 5.67. The van der Waals surface area contributed by atoms with Crippen molar-refractivity contribution >= 4 is 17.7 Å². The molecule has 2 saturated heterocycles. The number of furan rings is 1. The number of hydrogen-bond donors (Lipinski definition) is 1. The number of piperidine rings is 1. The minimum absolute atomic E-state index is 0.0770. The average molecular weight is 294 g/mol. The van der Waals surface area contributed by atoms with Crippen molar-refractivity contribution in [3.05, 3.63) is 23.7 Å². The van der Waals surface area contributed by atoms with Crippen molar-refractivity contribution in [3.63, 3.8) is 0 Å². The summed E-state index contributed by atoms with van der Waals surface area (Å²) in [4.78, 5) is 14.4. The van der Waals surface area contributed by atoms with Crippen LogP contribution in [0.5, 0.6) is 0 Å². The van der Waals surface area contributed by atoms with Crippen molar-refractivity contribution in [3.8, 4) is 0 Å². The Kier molecular flexibility index (Phi) is 4.68. The lowest BCUT2D eigenvalue weighted by Crippen LogP contribution is -2.34. The van der Waals surface area contributed by atoms with E-state index in [1.165, 1.54) is 30.8 Å². The predicted molar refractivity (Wildman–Crippen MR) is 81.0 cm³/mol. The summed E-state index contributed by atoms with van der Waals surface area (Å²) >= 11 is 1.94. The van der Waals surface area contributed by atoms with Gasteiger partial charge in [0.25, 0.3) is 5.91 Å². The van der Waals surface area contributed by atoms with E-state index in [-0.39, 0.29) is 5.91 Å². The summed E-state index contributed by atoms with van der Waals surface area (Å²) in [6.07, 6.45) is 3.88. The molecule has 1 aromatic rings. The van der Waals surface area contributed by atoms with Gasteiger partial charge >= 0.3 is 0 Å². The maximum absolute atomic E-state index is 12.0. The molecule has 0 aromatic carbocycles. The van der Waals surface area contributed by atoms with E-state index < -0.39 is 0 Å². The summed E-state index contributed by atoms with van der Waals surface area (Å²) in [6, 6.07) is 3.73. The molecular weight excluding hydrogens is 272 g/mol. The summed E-state index contributed by atoms with van der Waals surface area (Å²) in [5.74, 6) is 4.25. The SMILES string of the molecule is O=C(NCC1CSC1)c1ccc(CN2CCCCC2)o1. The van der Waals surface area contributed by atoms with E-state index in [0.29, 0.717) is 11.7 Å². The second kappa shape index (κ2) is 6.68. The number of nitrogens with zero attached hydrogens (tertiary/aromatic N) is 1. The van der Waals surface area contributed by atoms with Crippen LogP contribution in [0.25, 0.3) is 0 Å². The Bertz CT molecular complexity index is 450. The number of rotatable bonds is 5. The maximum Gasteiger partial charge on any atom is 0.287 e. The van der Waals surface area contributed by atoms with Crippen LogP contribution >= 0.6 is 11.8 Å². The predicted octanol–water partition coefficient (Wildman–Crippen LogP) is 2.36. The van der Waals surface area contributed by atoms with Gasteiger partial charge in [-0.15, -0.1) is 0 Å². The van der Waals surface area contributed by atoms with Crippen molar-refractivity contribution in [1.82, 2.24) is 10.2 Å². The van der Waals surface area contributed by atoms with Gasteiger partial charge in [0.2, 0.25) is 0 Å². The Morgan fingerprint density at radius 2 is 2.10 bits per heavy atom. The number of amides is 1. The fourth-order valence-corrected chi connectivity index (χ4v) is 3.45. The zero-order valence-electron chi connectivity index (χ0n) is 11.8. The molecule has 0 unspecified atom stereocenters. The van der Waals surface area contributed by atoms with Gasteiger partial charge in [-0.3, -0.25) is 9.69 Å². The van der Waals surface area contributed by atoms with Gasteiger partial charge in [0.1, 0.15) is 5.76 Å². The summed E-state index contributed by atoms with van der Waals surface area (Å²) in [6.45, 7) is 3.88. The normalized spacial score (nSPS) is 20.6. The van der Waals surface area contributed by atoms with E-state index in [2.05, 4.69) is 10.2 Å². The van der Waals surface area contributed by atoms with E-state index >= 15 is 0 Å². The Morgan fingerprint density at radius 1 is 1.30 bits per heavy atom. The number of likely N-dealkylation sites (tertiary alicyclic amines) is 1. The number of nitrogens with one attached hydrogen (secondary N) is 1. The van der Waals surface area contributed by atoms with E-state index in [0.717, 1.165) is 31.9 Å². The highest BCUT2D eigenvalue weighted by Gasteiger charge is 2.20. The minimum Gasteiger partial charge on any atom is -0.455 e. The molecule has 0 aliphatic carbocycles. The third kappa shape index (κ3) is 3.58. The van der Waals surface area contributed by atoms with E-state index in [9.17, 15) is 4.79 Å². The number of thioether (sulfide) groups is 1. The lowest BCUT2D eigenvalue weighted by molar-refractivity contribution is 0.0916. The van der Waals surface area contributed by atoms with E-state index in [1.807, 2.05) is 17.8 Å². The van der Waals surface area contributed by atoms with Crippen LogP contribution in [0.3, 0.4) is 0 Å². The molecule has 2 aliphatic heterocycles. The first-order valence-corrected chi connectivity index (χ1v) is 8.64. The molecule has 0 saturated carbocycles. The largest absolute Gasteiger partial charge is 0.455 e. The molecule has 4 nitrogen and oxygen atoms in total. The molecule has 2 fully saturated rings. The van der Waals surface area contributed by atoms with Gasteiger partial charge in [-0.25, -0.2) is 0 Å². The fraction of sp³-hybridized carbons (Fsp3) is 0.667. The fourth-order valence-electron chi connectivity index (χ4n) is 2.65. The second-order valence-electron chi connectivity index (χ2n) is 5.72. The first-order chi connectivity index (χ1) is 9.81. The van der Waals surface area contributed by atoms with Crippen molar-refractivity contribution in [2.45, 2.75) is 25.8 Å². The van der Waals surface area contributed by atoms with Gasteiger partial charge < -0.3 is 9.73 Å². The monoisotopic (exact) mass is 294 g/mol. The van der Waals surface area contributed by atoms with Crippen LogP contribution in [0.15, 0.2) is 16.5 Å². The Labute approximate surface area is 124 Å². The molecular formula is C15H22N2O2S. The lowest BCUT2D eigenvalue weighted by atomic mass is 10.1. The number of carbonyl (C=O) groups excluding carboxylic acids is 1. The first-order valence-electron chi connectivity index (χ1n) is 7.48. The molecule has 110 valence electrons. The molecule has 1 N–H and O–H groups in total. The minimum atomic E-state index is -0.0770. The highest BCUT2D eigenvalue weighted by Crippen LogP contribution is 2.23. The molecule has 1 amide bonds. The van der Waals surface area contributed by atoms with Crippen LogP contribution < -0.4 is 5.32 Å². The molecule has 2 aliphatic rings. The van der Waals surface area contributed by atoms with Crippen molar-refractivity contribution < 1.29 is 9.21 Å². The zero-order chi connectivity index (χ0) is 13.8. The van der Waals surface area contributed by atoms with Gasteiger partial charge in [-0.1, -0.05) is 6.42 Å². The van der Waals surface area contributed by atoms with Crippen LogP contribution in [0.1, 0.15) is 35.6 Å². The molecule has 0 bridgehead atoms. The summed E-state index contributed by atoms with van der Waals surface area (Å²) in [5.41, 5.74) is 0. The van der Waals surface area contributed by atoms with Gasteiger partial charge in [-0.2, -0.15) is 11.8 Å². The third-order valence-electron chi connectivity index (χ3n) is 3.97. The standard InChI is InChI=1S/C15H22N2O2S/c18-15(16-8-12-10-20-11-12)14-5-4-13(19-14)9-17-6-2-1-3-7-17/h4-5,12H,1-3,6-11H2,(H,16,18). The topological polar surface area (TPSA) is 45.5 Å². The molecule has 3 heterocycles. The van der Waals surface area contributed by atoms with Crippen molar-refractivity contribution in [2.24, 2.45) is 5.92 Å². The number of hydrogen-bond acceptors (Lipinski definition) is 4. The maximum atomic E-state index is 12.0. The second-order valence-corrected chi connectivity index (χ2v) is 6.79. The first kappa shape index (κ1) is 14.0. The van der Waals surface area contributed by atoms with Crippen LogP contribution in [0.2, 0.25) is 0 Å². The van der Waals surface area contributed by atoms with Gasteiger partial charge in [-0.05, 0) is 55.5 Å². The van der Waals surface area contributed by atoms with E-state index in [1.54, 1.807) is 6.07 Å². The summed E-state index contributed by atoms with van der Waals surface area (Å²) in [7, 11) is 0. The molecule has 0 spiro atoms. The quantitative estimate of drug-likeness (QED) is 0.905. The summed E-state index contributed by atoms with van der Waals surface area (Å²) in [5, 5.41) is 2.96. The van der Waals surface area contributed by atoms with Crippen molar-refractivity contribution in [2.75, 3.05) is 31.1 Å². The third-order valence-corrected chi connectivity index (χ3v) is 5.39. The van der Waals surface area contributed by atoms with Crippen molar-refractivity contribution in [1.29, 1.82) is 0 Å². The highest BCUT2D eigenvalue weighted by atomic mass is 32.2. The van der Waals surface area contributed by atoms with Gasteiger partial charge in [0, 0.05) is 6.54 Å². The average Bonchev–Trinajstić information content (AvgIpc) is 2.86. The smallest absolute Gasteiger partial charge is 0.287 e. The van der Waals surface area contributed by atoms with Crippen LogP contribution in [0, 0.1) is 5.92 Å². The Balaban J connectivity index is 1.48. The Hall–Kier alpha value is -0.940. The Morgan fingerprint density at radius 3 is 2.80 bits per heavy atom. The zero-order valence-corrected chi connectivity index (χ0v) is 12.6. The van der Waals surface area contributed by atoms with Gasteiger partial charge in [0.05, 0.1) is 6.54 Å². The molecule has 5 heteroatoms. The van der Waals surface area contributed by atoms with Gasteiger partial charge in [0.15, 0.2) is 5.76 Å². The van der Waals surface area contributed by atoms with Crippen LogP contribution in [-0.4, -0.2) is 41.9 Å². The molecule has 1 aromatic heterocycles.